The first-order valence-corrected chi connectivity index (χ1v) is 11.1. The second kappa shape index (κ2) is 7.84. The molecule has 0 unspecified atom stereocenters. The van der Waals surface area contributed by atoms with Crippen molar-refractivity contribution in [2.45, 2.75) is 59.0 Å². The van der Waals surface area contributed by atoms with E-state index in [2.05, 4.69) is 65.6 Å². The summed E-state index contributed by atoms with van der Waals surface area (Å²) in [5, 5.41) is 5.65. The fraction of sp³-hybridized carbons (Fsp3) is 0.458. The SMILES string of the molecule is CCCn1ncc2ccc([C@@H]3CCCN(Cc4c(C)nc5cc(C)ccn45)C3)nc21. The highest BCUT2D eigenvalue weighted by Crippen LogP contribution is 2.28. The average molecular weight is 403 g/mol. The summed E-state index contributed by atoms with van der Waals surface area (Å²) in [7, 11) is 0. The van der Waals surface area contributed by atoms with Gasteiger partial charge in [-0.25, -0.2) is 14.6 Å². The maximum atomic E-state index is 5.04. The van der Waals surface area contributed by atoms with Crippen molar-refractivity contribution >= 4 is 16.7 Å². The first-order valence-electron chi connectivity index (χ1n) is 11.1. The van der Waals surface area contributed by atoms with Crippen molar-refractivity contribution in [3.05, 3.63) is 59.3 Å². The molecule has 5 heterocycles. The van der Waals surface area contributed by atoms with Gasteiger partial charge in [-0.2, -0.15) is 5.10 Å². The van der Waals surface area contributed by atoms with Crippen molar-refractivity contribution in [1.82, 2.24) is 29.0 Å². The Labute approximate surface area is 177 Å². The molecule has 4 aromatic heterocycles. The monoisotopic (exact) mass is 402 g/mol. The number of fused-ring (bicyclic) bond motifs is 2. The number of imidazole rings is 1. The van der Waals surface area contributed by atoms with Crippen LogP contribution in [-0.4, -0.2) is 42.1 Å². The predicted octanol–water partition coefficient (Wildman–Crippen LogP) is 4.49. The summed E-state index contributed by atoms with van der Waals surface area (Å²) < 4.78 is 4.29. The number of pyridine rings is 2. The predicted molar refractivity (Wildman–Crippen MR) is 120 cm³/mol. The van der Waals surface area contributed by atoms with Crippen molar-refractivity contribution < 1.29 is 0 Å². The Bertz CT molecular complexity index is 1190. The molecule has 6 nitrogen and oxygen atoms in total. The molecule has 1 aliphatic rings. The van der Waals surface area contributed by atoms with Crippen LogP contribution in [0.25, 0.3) is 16.7 Å². The summed E-state index contributed by atoms with van der Waals surface area (Å²) in [6.45, 7) is 10.5. The molecule has 30 heavy (non-hydrogen) atoms. The van der Waals surface area contributed by atoms with Gasteiger partial charge >= 0.3 is 0 Å². The Morgan fingerprint density at radius 1 is 1.13 bits per heavy atom. The third-order valence-electron chi connectivity index (χ3n) is 6.32. The van der Waals surface area contributed by atoms with E-state index in [0.29, 0.717) is 5.92 Å². The first kappa shape index (κ1) is 19.2. The average Bonchev–Trinajstić information content (AvgIpc) is 3.28. The number of piperidine rings is 1. The van der Waals surface area contributed by atoms with Gasteiger partial charge in [-0.3, -0.25) is 4.90 Å². The smallest absolute Gasteiger partial charge is 0.157 e. The van der Waals surface area contributed by atoms with Crippen molar-refractivity contribution in [2.24, 2.45) is 0 Å². The molecule has 0 N–H and O–H groups in total. The second-order valence-corrected chi connectivity index (χ2v) is 8.67. The van der Waals surface area contributed by atoms with E-state index < -0.39 is 0 Å². The molecule has 1 fully saturated rings. The van der Waals surface area contributed by atoms with Crippen LogP contribution in [0.15, 0.2) is 36.7 Å². The molecule has 1 aliphatic heterocycles. The Kier molecular flexibility index (Phi) is 5.03. The number of hydrogen-bond acceptors (Lipinski definition) is 4. The maximum absolute atomic E-state index is 5.04. The van der Waals surface area contributed by atoms with Crippen LogP contribution < -0.4 is 0 Å². The topological polar surface area (TPSA) is 51.2 Å². The summed E-state index contributed by atoms with van der Waals surface area (Å²) in [5.41, 5.74) is 6.96. The van der Waals surface area contributed by atoms with Gasteiger partial charge in [-0.15, -0.1) is 0 Å². The molecule has 0 bridgehead atoms. The number of likely N-dealkylation sites (tertiary alicyclic amines) is 1. The molecule has 6 heteroatoms. The lowest BCUT2D eigenvalue weighted by Gasteiger charge is -2.32. The fourth-order valence-electron chi connectivity index (χ4n) is 4.73. The number of aromatic nitrogens is 5. The van der Waals surface area contributed by atoms with Gasteiger partial charge in [0.05, 0.1) is 17.6 Å². The molecule has 156 valence electrons. The van der Waals surface area contributed by atoms with Crippen molar-refractivity contribution in [3.8, 4) is 0 Å². The maximum Gasteiger partial charge on any atom is 0.157 e. The highest BCUT2D eigenvalue weighted by molar-refractivity contribution is 5.74. The van der Waals surface area contributed by atoms with Crippen LogP contribution in [0.1, 0.15) is 54.7 Å². The summed E-state index contributed by atoms with van der Waals surface area (Å²) >= 11 is 0. The lowest BCUT2D eigenvalue weighted by molar-refractivity contribution is 0.196. The minimum atomic E-state index is 0.467. The van der Waals surface area contributed by atoms with Gasteiger partial charge < -0.3 is 4.40 Å². The van der Waals surface area contributed by atoms with Gasteiger partial charge in [0, 0.05) is 42.8 Å². The fourth-order valence-corrected chi connectivity index (χ4v) is 4.73. The number of aryl methyl sites for hydroxylation is 3. The summed E-state index contributed by atoms with van der Waals surface area (Å²) in [4.78, 5) is 12.4. The molecular weight excluding hydrogens is 372 g/mol. The minimum Gasteiger partial charge on any atom is -0.302 e. The van der Waals surface area contributed by atoms with E-state index in [-0.39, 0.29) is 0 Å². The second-order valence-electron chi connectivity index (χ2n) is 8.67. The molecule has 0 saturated carbocycles. The van der Waals surface area contributed by atoms with Gasteiger partial charge in [0.2, 0.25) is 0 Å². The van der Waals surface area contributed by atoms with Crippen LogP contribution in [-0.2, 0) is 13.1 Å². The first-order chi connectivity index (χ1) is 14.6. The third kappa shape index (κ3) is 3.49. The quantitative estimate of drug-likeness (QED) is 0.494. The van der Waals surface area contributed by atoms with Crippen LogP contribution in [0.4, 0.5) is 0 Å². The number of rotatable bonds is 5. The van der Waals surface area contributed by atoms with E-state index in [4.69, 9.17) is 9.97 Å². The number of hydrogen-bond donors (Lipinski definition) is 0. The highest BCUT2D eigenvalue weighted by Gasteiger charge is 2.24. The Balaban J connectivity index is 1.38. The third-order valence-corrected chi connectivity index (χ3v) is 6.32. The molecule has 4 aromatic rings. The molecule has 0 aliphatic carbocycles. The summed E-state index contributed by atoms with van der Waals surface area (Å²) in [6.07, 6.45) is 7.56. The van der Waals surface area contributed by atoms with E-state index >= 15 is 0 Å². The lowest BCUT2D eigenvalue weighted by Crippen LogP contribution is -2.34. The van der Waals surface area contributed by atoms with Crippen LogP contribution in [0.2, 0.25) is 0 Å². The van der Waals surface area contributed by atoms with E-state index in [1.165, 1.54) is 29.8 Å². The normalized spacial score (nSPS) is 17.9. The van der Waals surface area contributed by atoms with E-state index in [1.54, 1.807) is 0 Å². The number of nitrogens with zero attached hydrogens (tertiary/aromatic N) is 6. The molecule has 0 radical (unpaired) electrons. The van der Waals surface area contributed by atoms with Gasteiger partial charge in [0.15, 0.2) is 5.65 Å². The van der Waals surface area contributed by atoms with Crippen molar-refractivity contribution in [2.75, 3.05) is 13.1 Å². The minimum absolute atomic E-state index is 0.467. The summed E-state index contributed by atoms with van der Waals surface area (Å²) in [5.74, 6) is 0.467. The Morgan fingerprint density at radius 3 is 2.90 bits per heavy atom. The van der Waals surface area contributed by atoms with Crippen molar-refractivity contribution in [3.63, 3.8) is 0 Å². The largest absolute Gasteiger partial charge is 0.302 e. The van der Waals surface area contributed by atoms with Crippen LogP contribution in [0.5, 0.6) is 0 Å². The van der Waals surface area contributed by atoms with E-state index in [9.17, 15) is 0 Å². The molecule has 1 saturated heterocycles. The zero-order chi connectivity index (χ0) is 20.7. The van der Waals surface area contributed by atoms with Gasteiger partial charge in [0.25, 0.3) is 0 Å². The van der Waals surface area contributed by atoms with Gasteiger partial charge in [0.1, 0.15) is 5.65 Å². The standard InChI is InChI=1S/C24H30N6/c1-4-10-30-24-19(14-25-30)7-8-21(27-24)20-6-5-11-28(15-20)16-22-18(3)26-23-13-17(2)9-12-29(22)23/h7-9,12-14,20H,4-6,10-11,15-16H2,1-3H3/t20-/m1/s1. The Hall–Kier alpha value is -2.73. The van der Waals surface area contributed by atoms with Crippen molar-refractivity contribution in [1.29, 1.82) is 0 Å². The van der Waals surface area contributed by atoms with Crippen LogP contribution >= 0.6 is 0 Å². The van der Waals surface area contributed by atoms with E-state index in [1.807, 2.05) is 10.9 Å². The molecular formula is C24H30N6. The van der Waals surface area contributed by atoms with Crippen LogP contribution in [0, 0.1) is 13.8 Å². The van der Waals surface area contributed by atoms with E-state index in [0.717, 1.165) is 55.0 Å². The van der Waals surface area contributed by atoms with Crippen LogP contribution in [0.3, 0.4) is 0 Å². The molecule has 0 aromatic carbocycles. The molecule has 5 rings (SSSR count). The zero-order valence-corrected chi connectivity index (χ0v) is 18.2. The molecule has 0 spiro atoms. The Morgan fingerprint density at radius 2 is 2.03 bits per heavy atom. The van der Waals surface area contributed by atoms with Gasteiger partial charge in [-0.05, 0) is 69.5 Å². The highest BCUT2D eigenvalue weighted by atomic mass is 15.3. The summed E-state index contributed by atoms with van der Waals surface area (Å²) in [6, 6.07) is 8.72. The molecule has 0 amide bonds. The lowest BCUT2D eigenvalue weighted by atomic mass is 9.94. The molecule has 1 atom stereocenters. The zero-order valence-electron chi connectivity index (χ0n) is 18.2. The van der Waals surface area contributed by atoms with Gasteiger partial charge in [-0.1, -0.05) is 6.92 Å².